The number of aromatic nitrogens is 2. The number of aliphatic hydroxyl groups is 1. The van der Waals surface area contributed by atoms with Crippen LogP contribution in [0, 0.1) is 0 Å². The van der Waals surface area contributed by atoms with E-state index in [-0.39, 0.29) is 6.10 Å². The Morgan fingerprint density at radius 3 is 2.72 bits per heavy atom. The lowest BCUT2D eigenvalue weighted by Crippen LogP contribution is -2.28. The molecule has 1 aliphatic carbocycles. The highest BCUT2D eigenvalue weighted by atomic mass is 35.5. The van der Waals surface area contributed by atoms with Gasteiger partial charge in [-0.15, -0.1) is 0 Å². The number of anilines is 1. The third kappa shape index (κ3) is 3.82. The molecule has 1 saturated carbocycles. The van der Waals surface area contributed by atoms with Crippen molar-refractivity contribution in [2.45, 2.75) is 57.6 Å². The van der Waals surface area contributed by atoms with E-state index in [1.807, 2.05) is 0 Å². The van der Waals surface area contributed by atoms with Gasteiger partial charge in [0.1, 0.15) is 16.8 Å². The standard InChI is InChI=1S/C13H20ClN3O/c1-2-3-12-16-11(14)8-13(17-12)15-9-4-6-10(18)7-5-9/h8-10,18H,2-7H2,1H3,(H,15,16,17). The van der Waals surface area contributed by atoms with E-state index >= 15 is 0 Å². The first-order chi connectivity index (χ1) is 8.67. The summed E-state index contributed by atoms with van der Waals surface area (Å²) in [5, 5.41) is 13.4. The number of aryl methyl sites for hydroxylation is 1. The van der Waals surface area contributed by atoms with Crippen LogP contribution in [0.1, 0.15) is 44.9 Å². The zero-order valence-corrected chi connectivity index (χ0v) is 11.5. The maximum atomic E-state index is 9.48. The number of aliphatic hydroxyl groups excluding tert-OH is 1. The molecule has 0 atom stereocenters. The molecule has 0 saturated heterocycles. The summed E-state index contributed by atoms with van der Waals surface area (Å²) in [4.78, 5) is 8.67. The fourth-order valence-electron chi connectivity index (χ4n) is 2.30. The topological polar surface area (TPSA) is 58.0 Å². The van der Waals surface area contributed by atoms with Crippen molar-refractivity contribution in [2.24, 2.45) is 0 Å². The highest BCUT2D eigenvalue weighted by molar-refractivity contribution is 6.29. The Morgan fingerprint density at radius 1 is 1.33 bits per heavy atom. The monoisotopic (exact) mass is 269 g/mol. The van der Waals surface area contributed by atoms with Crippen molar-refractivity contribution in [3.8, 4) is 0 Å². The molecular weight excluding hydrogens is 250 g/mol. The van der Waals surface area contributed by atoms with E-state index in [1.54, 1.807) is 6.07 Å². The van der Waals surface area contributed by atoms with E-state index in [0.717, 1.165) is 50.2 Å². The molecule has 2 N–H and O–H groups in total. The smallest absolute Gasteiger partial charge is 0.134 e. The molecule has 2 rings (SSSR count). The molecular formula is C13H20ClN3O. The molecule has 0 aromatic carbocycles. The molecule has 100 valence electrons. The third-order valence-corrected chi connectivity index (χ3v) is 3.46. The van der Waals surface area contributed by atoms with Crippen LogP contribution in [-0.2, 0) is 6.42 Å². The molecule has 18 heavy (non-hydrogen) atoms. The quantitative estimate of drug-likeness (QED) is 0.826. The van der Waals surface area contributed by atoms with Crippen molar-refractivity contribution in [2.75, 3.05) is 5.32 Å². The molecule has 1 fully saturated rings. The SMILES string of the molecule is CCCc1nc(Cl)cc(NC2CCC(O)CC2)n1. The van der Waals surface area contributed by atoms with Gasteiger partial charge in [0.05, 0.1) is 6.10 Å². The first kappa shape index (κ1) is 13.6. The Kier molecular flexibility index (Phi) is 4.78. The van der Waals surface area contributed by atoms with Crippen molar-refractivity contribution in [3.05, 3.63) is 17.0 Å². The summed E-state index contributed by atoms with van der Waals surface area (Å²) >= 11 is 6.00. The van der Waals surface area contributed by atoms with E-state index in [2.05, 4.69) is 22.2 Å². The van der Waals surface area contributed by atoms with Gasteiger partial charge in [-0.2, -0.15) is 0 Å². The normalized spacial score (nSPS) is 23.9. The molecule has 0 unspecified atom stereocenters. The Bertz CT molecular complexity index is 392. The van der Waals surface area contributed by atoms with Gasteiger partial charge in [0.25, 0.3) is 0 Å². The maximum absolute atomic E-state index is 9.48. The van der Waals surface area contributed by atoms with Gasteiger partial charge in [0, 0.05) is 18.5 Å². The summed E-state index contributed by atoms with van der Waals surface area (Å²) in [6, 6.07) is 2.15. The average molecular weight is 270 g/mol. The van der Waals surface area contributed by atoms with Crippen molar-refractivity contribution >= 4 is 17.4 Å². The van der Waals surface area contributed by atoms with E-state index < -0.39 is 0 Å². The molecule has 0 radical (unpaired) electrons. The van der Waals surface area contributed by atoms with Crippen molar-refractivity contribution in [3.63, 3.8) is 0 Å². The maximum Gasteiger partial charge on any atom is 0.134 e. The van der Waals surface area contributed by atoms with Crippen LogP contribution in [-0.4, -0.2) is 27.2 Å². The van der Waals surface area contributed by atoms with E-state index in [0.29, 0.717) is 11.2 Å². The van der Waals surface area contributed by atoms with Crippen LogP contribution >= 0.6 is 11.6 Å². The fourth-order valence-corrected chi connectivity index (χ4v) is 2.50. The van der Waals surface area contributed by atoms with Crippen molar-refractivity contribution < 1.29 is 5.11 Å². The Labute approximate surface area is 113 Å². The number of hydrogen-bond acceptors (Lipinski definition) is 4. The number of rotatable bonds is 4. The van der Waals surface area contributed by atoms with Crippen LogP contribution in [0.5, 0.6) is 0 Å². The highest BCUT2D eigenvalue weighted by Gasteiger charge is 2.19. The summed E-state index contributed by atoms with van der Waals surface area (Å²) < 4.78 is 0. The molecule has 1 heterocycles. The van der Waals surface area contributed by atoms with Crippen LogP contribution in [0.25, 0.3) is 0 Å². The van der Waals surface area contributed by atoms with Crippen LogP contribution < -0.4 is 5.32 Å². The molecule has 0 bridgehead atoms. The number of halogens is 1. The number of nitrogens with one attached hydrogen (secondary N) is 1. The second-order valence-corrected chi connectivity index (χ2v) is 5.28. The minimum absolute atomic E-state index is 0.132. The van der Waals surface area contributed by atoms with Gasteiger partial charge in [0.2, 0.25) is 0 Å². The van der Waals surface area contributed by atoms with Crippen LogP contribution in [0.3, 0.4) is 0 Å². The van der Waals surface area contributed by atoms with Crippen molar-refractivity contribution in [1.29, 1.82) is 0 Å². The lowest BCUT2D eigenvalue weighted by Gasteiger charge is -2.26. The molecule has 1 aromatic heterocycles. The Balaban J connectivity index is 2.00. The summed E-state index contributed by atoms with van der Waals surface area (Å²) in [6.45, 7) is 2.10. The minimum Gasteiger partial charge on any atom is -0.393 e. The summed E-state index contributed by atoms with van der Waals surface area (Å²) in [7, 11) is 0. The van der Waals surface area contributed by atoms with Crippen molar-refractivity contribution in [1.82, 2.24) is 9.97 Å². The zero-order valence-electron chi connectivity index (χ0n) is 10.7. The van der Waals surface area contributed by atoms with Gasteiger partial charge in [-0.25, -0.2) is 9.97 Å². The largest absolute Gasteiger partial charge is 0.393 e. The Hall–Kier alpha value is -0.870. The highest BCUT2D eigenvalue weighted by Crippen LogP contribution is 2.22. The Morgan fingerprint density at radius 2 is 2.06 bits per heavy atom. The lowest BCUT2D eigenvalue weighted by atomic mass is 9.93. The van der Waals surface area contributed by atoms with Gasteiger partial charge in [-0.05, 0) is 32.1 Å². The van der Waals surface area contributed by atoms with Gasteiger partial charge in [-0.1, -0.05) is 18.5 Å². The second-order valence-electron chi connectivity index (χ2n) is 4.89. The van der Waals surface area contributed by atoms with Gasteiger partial charge >= 0.3 is 0 Å². The summed E-state index contributed by atoms with van der Waals surface area (Å²) in [6.07, 6.45) is 5.40. The number of hydrogen-bond donors (Lipinski definition) is 2. The molecule has 4 nitrogen and oxygen atoms in total. The van der Waals surface area contributed by atoms with Gasteiger partial charge < -0.3 is 10.4 Å². The molecule has 0 aliphatic heterocycles. The van der Waals surface area contributed by atoms with E-state index in [4.69, 9.17) is 11.6 Å². The molecule has 5 heteroatoms. The first-order valence-corrected chi connectivity index (χ1v) is 7.03. The van der Waals surface area contributed by atoms with Crippen LogP contribution in [0.4, 0.5) is 5.82 Å². The summed E-state index contributed by atoms with van der Waals surface area (Å²) in [5.41, 5.74) is 0. The zero-order chi connectivity index (χ0) is 13.0. The number of nitrogens with zero attached hydrogens (tertiary/aromatic N) is 2. The molecule has 0 amide bonds. The molecule has 1 aliphatic rings. The van der Waals surface area contributed by atoms with Crippen LogP contribution in [0.2, 0.25) is 5.15 Å². The van der Waals surface area contributed by atoms with Crippen LogP contribution in [0.15, 0.2) is 6.07 Å². The predicted octanol–water partition coefficient (Wildman–Crippen LogP) is 2.80. The summed E-state index contributed by atoms with van der Waals surface area (Å²) in [5.74, 6) is 1.60. The second kappa shape index (κ2) is 6.34. The van der Waals surface area contributed by atoms with Gasteiger partial charge in [-0.3, -0.25) is 0 Å². The van der Waals surface area contributed by atoms with E-state index in [1.165, 1.54) is 0 Å². The fraction of sp³-hybridized carbons (Fsp3) is 0.692. The third-order valence-electron chi connectivity index (χ3n) is 3.26. The first-order valence-electron chi connectivity index (χ1n) is 6.65. The molecule has 0 spiro atoms. The van der Waals surface area contributed by atoms with Gasteiger partial charge in [0.15, 0.2) is 0 Å². The molecule has 1 aromatic rings. The minimum atomic E-state index is -0.132. The lowest BCUT2D eigenvalue weighted by molar-refractivity contribution is 0.126. The predicted molar refractivity (Wildman–Crippen MR) is 72.9 cm³/mol. The average Bonchev–Trinajstić information content (AvgIpc) is 2.32. The van der Waals surface area contributed by atoms with E-state index in [9.17, 15) is 5.11 Å².